The van der Waals surface area contributed by atoms with Gasteiger partial charge in [0.05, 0.1) is 23.6 Å². The molecule has 0 atom stereocenters. The molecule has 0 spiro atoms. The molecule has 3 rings (SSSR count). The van der Waals surface area contributed by atoms with Crippen molar-refractivity contribution in [1.29, 1.82) is 0 Å². The van der Waals surface area contributed by atoms with Gasteiger partial charge < -0.3 is 14.6 Å². The monoisotopic (exact) mass is 355 g/mol. The summed E-state index contributed by atoms with van der Waals surface area (Å²) in [5.41, 5.74) is 1.48. The summed E-state index contributed by atoms with van der Waals surface area (Å²) in [5.74, 6) is 0.743. The van der Waals surface area contributed by atoms with Gasteiger partial charge in [0, 0.05) is 24.5 Å². The Balaban J connectivity index is 1.47. The van der Waals surface area contributed by atoms with Crippen LogP contribution in [0, 0.1) is 0 Å². The van der Waals surface area contributed by atoms with E-state index in [2.05, 4.69) is 10.3 Å². The molecular formula is C19H18ClN3O2. The number of amides is 1. The van der Waals surface area contributed by atoms with Crippen molar-refractivity contribution < 1.29 is 9.53 Å². The van der Waals surface area contributed by atoms with E-state index in [1.165, 1.54) is 0 Å². The molecule has 6 heteroatoms. The van der Waals surface area contributed by atoms with Crippen molar-refractivity contribution in [3.05, 3.63) is 72.3 Å². The Morgan fingerprint density at radius 2 is 2.04 bits per heavy atom. The molecule has 1 heterocycles. The lowest BCUT2D eigenvalue weighted by atomic mass is 10.2. The summed E-state index contributed by atoms with van der Waals surface area (Å²) < 4.78 is 7.39. The van der Waals surface area contributed by atoms with E-state index in [0.29, 0.717) is 30.2 Å². The van der Waals surface area contributed by atoms with Crippen molar-refractivity contribution in [2.75, 3.05) is 11.9 Å². The predicted molar refractivity (Wildman–Crippen MR) is 98.4 cm³/mol. The fraction of sp³-hybridized carbons (Fsp3) is 0.158. The first-order valence-electron chi connectivity index (χ1n) is 7.98. The van der Waals surface area contributed by atoms with Gasteiger partial charge in [-0.25, -0.2) is 4.98 Å². The third-order valence-electron chi connectivity index (χ3n) is 3.57. The molecule has 5 nitrogen and oxygen atoms in total. The molecule has 0 unspecified atom stereocenters. The van der Waals surface area contributed by atoms with Gasteiger partial charge in [-0.15, -0.1) is 0 Å². The molecule has 25 heavy (non-hydrogen) atoms. The highest BCUT2D eigenvalue weighted by Crippen LogP contribution is 2.24. The Hall–Kier alpha value is -2.79. The molecule has 1 amide bonds. The summed E-state index contributed by atoms with van der Waals surface area (Å²) in [7, 11) is 0. The van der Waals surface area contributed by atoms with Crippen molar-refractivity contribution >= 4 is 23.2 Å². The fourth-order valence-corrected chi connectivity index (χ4v) is 2.64. The number of nitrogens with zero attached hydrogens (tertiary/aromatic N) is 2. The van der Waals surface area contributed by atoms with Crippen LogP contribution in [0.15, 0.2) is 67.3 Å². The average Bonchev–Trinajstić information content (AvgIpc) is 3.14. The Morgan fingerprint density at radius 1 is 1.20 bits per heavy atom. The Kier molecular flexibility index (Phi) is 5.69. The highest BCUT2D eigenvalue weighted by Gasteiger charge is 2.07. The minimum absolute atomic E-state index is 0.0666. The van der Waals surface area contributed by atoms with Crippen LogP contribution in [-0.2, 0) is 4.79 Å². The van der Waals surface area contributed by atoms with E-state index in [1.54, 1.807) is 18.6 Å². The van der Waals surface area contributed by atoms with Gasteiger partial charge in [-0.2, -0.15) is 0 Å². The molecule has 0 aliphatic rings. The summed E-state index contributed by atoms with van der Waals surface area (Å²) in [5, 5.41) is 3.39. The number of hydrogen-bond acceptors (Lipinski definition) is 3. The Bertz CT molecular complexity index is 820. The zero-order valence-electron chi connectivity index (χ0n) is 13.6. The van der Waals surface area contributed by atoms with Crippen molar-refractivity contribution in [3.63, 3.8) is 0 Å². The highest BCUT2D eigenvalue weighted by molar-refractivity contribution is 6.32. The second-order valence-corrected chi connectivity index (χ2v) is 5.86. The van der Waals surface area contributed by atoms with E-state index < -0.39 is 0 Å². The number of carbonyl (C=O) groups is 1. The third-order valence-corrected chi connectivity index (χ3v) is 3.88. The lowest BCUT2D eigenvalue weighted by Crippen LogP contribution is -2.13. The number of rotatable bonds is 7. The Labute approximate surface area is 151 Å². The van der Waals surface area contributed by atoms with E-state index in [4.69, 9.17) is 16.3 Å². The van der Waals surface area contributed by atoms with Crippen LogP contribution in [0.2, 0.25) is 5.02 Å². The fourth-order valence-electron chi connectivity index (χ4n) is 2.36. The highest BCUT2D eigenvalue weighted by atomic mass is 35.5. The summed E-state index contributed by atoms with van der Waals surface area (Å²) in [6.45, 7) is 0.498. The van der Waals surface area contributed by atoms with Crippen LogP contribution in [-0.4, -0.2) is 22.1 Å². The predicted octanol–water partition coefficient (Wildman–Crippen LogP) is 4.32. The number of anilines is 1. The lowest BCUT2D eigenvalue weighted by molar-refractivity contribution is -0.116. The van der Waals surface area contributed by atoms with Gasteiger partial charge in [-0.1, -0.05) is 29.8 Å². The number of carbonyl (C=O) groups excluding carboxylic acids is 1. The molecule has 0 aliphatic carbocycles. The maximum Gasteiger partial charge on any atom is 0.224 e. The number of nitrogens with one attached hydrogen (secondary N) is 1. The van der Waals surface area contributed by atoms with Gasteiger partial charge in [0.1, 0.15) is 5.75 Å². The second kappa shape index (κ2) is 8.35. The number of halogens is 1. The Morgan fingerprint density at radius 3 is 2.76 bits per heavy atom. The second-order valence-electron chi connectivity index (χ2n) is 5.45. The molecule has 0 fully saturated rings. The average molecular weight is 356 g/mol. The van der Waals surface area contributed by atoms with Crippen LogP contribution in [0.25, 0.3) is 5.69 Å². The molecule has 0 saturated heterocycles. The number of ether oxygens (including phenoxy) is 1. The van der Waals surface area contributed by atoms with Crippen LogP contribution in [0.1, 0.15) is 12.8 Å². The first kappa shape index (κ1) is 17.0. The summed E-state index contributed by atoms with van der Waals surface area (Å²) in [6.07, 6.45) is 6.19. The maximum atomic E-state index is 12.0. The third kappa shape index (κ3) is 4.84. The van der Waals surface area contributed by atoms with Crippen LogP contribution in [0.5, 0.6) is 5.75 Å². The zero-order valence-corrected chi connectivity index (χ0v) is 14.3. The number of para-hydroxylation sites is 1. The van der Waals surface area contributed by atoms with Crippen LogP contribution in [0.4, 0.5) is 5.69 Å². The zero-order chi connectivity index (χ0) is 17.5. The van der Waals surface area contributed by atoms with Crippen LogP contribution < -0.4 is 10.1 Å². The molecule has 3 aromatic rings. The van der Waals surface area contributed by atoms with Gasteiger partial charge in [0.15, 0.2) is 0 Å². The van der Waals surface area contributed by atoms with E-state index in [1.807, 2.05) is 53.2 Å². The SMILES string of the molecule is O=C(CCCOc1ccccc1)Nc1ccc(-n2ccnc2)c(Cl)c1. The van der Waals surface area contributed by atoms with Gasteiger partial charge in [0.2, 0.25) is 5.91 Å². The quantitative estimate of drug-likeness (QED) is 0.642. The minimum atomic E-state index is -0.0666. The number of aromatic nitrogens is 2. The van der Waals surface area contributed by atoms with Crippen LogP contribution >= 0.6 is 11.6 Å². The number of benzene rings is 2. The molecule has 1 N–H and O–H groups in total. The number of hydrogen-bond donors (Lipinski definition) is 1. The smallest absolute Gasteiger partial charge is 0.224 e. The van der Waals surface area contributed by atoms with Crippen LogP contribution in [0.3, 0.4) is 0 Å². The summed E-state index contributed by atoms with van der Waals surface area (Å²) in [4.78, 5) is 16.0. The lowest BCUT2D eigenvalue weighted by Gasteiger charge is -2.10. The van der Waals surface area contributed by atoms with Gasteiger partial charge >= 0.3 is 0 Å². The van der Waals surface area contributed by atoms with E-state index in [0.717, 1.165) is 11.4 Å². The molecule has 2 aromatic carbocycles. The first-order chi connectivity index (χ1) is 12.2. The molecular weight excluding hydrogens is 338 g/mol. The number of imidazole rings is 1. The van der Waals surface area contributed by atoms with Gasteiger partial charge in [-0.3, -0.25) is 4.79 Å². The van der Waals surface area contributed by atoms with Gasteiger partial charge in [0.25, 0.3) is 0 Å². The summed E-state index contributed by atoms with van der Waals surface area (Å²) in [6, 6.07) is 14.9. The molecule has 0 radical (unpaired) electrons. The molecule has 0 aliphatic heterocycles. The van der Waals surface area contributed by atoms with E-state index in [-0.39, 0.29) is 5.91 Å². The molecule has 0 saturated carbocycles. The largest absolute Gasteiger partial charge is 0.494 e. The normalized spacial score (nSPS) is 10.4. The van der Waals surface area contributed by atoms with Crippen molar-refractivity contribution in [2.45, 2.75) is 12.8 Å². The van der Waals surface area contributed by atoms with Crippen molar-refractivity contribution in [1.82, 2.24) is 9.55 Å². The molecule has 0 bridgehead atoms. The summed E-state index contributed by atoms with van der Waals surface area (Å²) >= 11 is 6.28. The maximum absolute atomic E-state index is 12.0. The van der Waals surface area contributed by atoms with E-state index >= 15 is 0 Å². The minimum Gasteiger partial charge on any atom is -0.494 e. The van der Waals surface area contributed by atoms with Crippen molar-refractivity contribution in [3.8, 4) is 11.4 Å². The topological polar surface area (TPSA) is 56.1 Å². The standard InChI is InChI=1S/C19H18ClN3O2/c20-17-13-15(8-9-18(17)23-11-10-21-14-23)22-19(24)7-4-12-25-16-5-2-1-3-6-16/h1-3,5-6,8-11,13-14H,4,7,12H2,(H,22,24). The molecule has 128 valence electrons. The molecule has 1 aromatic heterocycles. The van der Waals surface area contributed by atoms with E-state index in [9.17, 15) is 4.79 Å². The van der Waals surface area contributed by atoms with Gasteiger partial charge in [-0.05, 0) is 36.8 Å². The van der Waals surface area contributed by atoms with Crippen molar-refractivity contribution in [2.24, 2.45) is 0 Å². The first-order valence-corrected chi connectivity index (χ1v) is 8.36.